The molecule has 2 aromatic carbocycles. The molecule has 1 atom stereocenters. The highest BCUT2D eigenvalue weighted by atomic mass is 16.5. The van der Waals surface area contributed by atoms with Gasteiger partial charge in [-0.1, -0.05) is 12.1 Å². The first-order valence-corrected chi connectivity index (χ1v) is 12.0. The molecular weight excluding hydrogens is 442 g/mol. The normalized spacial score (nSPS) is 18.4. The van der Waals surface area contributed by atoms with Gasteiger partial charge in [0.05, 0.1) is 38.7 Å². The van der Waals surface area contributed by atoms with E-state index in [1.54, 1.807) is 14.2 Å². The summed E-state index contributed by atoms with van der Waals surface area (Å²) in [4.78, 5) is 9.56. The van der Waals surface area contributed by atoms with Crippen LogP contribution in [0.2, 0.25) is 0 Å². The first-order chi connectivity index (χ1) is 17.1. The Hall–Kier alpha value is -3.54. The van der Waals surface area contributed by atoms with Gasteiger partial charge in [-0.2, -0.15) is 5.26 Å². The third kappa shape index (κ3) is 4.45. The van der Waals surface area contributed by atoms with Crippen LogP contribution >= 0.6 is 0 Å². The molecule has 5 rings (SSSR count). The summed E-state index contributed by atoms with van der Waals surface area (Å²) in [5, 5.41) is 15.2. The van der Waals surface area contributed by atoms with Crippen LogP contribution in [0, 0.1) is 18.3 Å². The molecule has 1 aromatic heterocycles. The molecule has 0 bridgehead atoms. The van der Waals surface area contributed by atoms with Crippen molar-refractivity contribution in [1.82, 2.24) is 10.3 Å². The van der Waals surface area contributed by atoms with Crippen molar-refractivity contribution in [2.24, 2.45) is 0 Å². The molecule has 0 aliphatic carbocycles. The van der Waals surface area contributed by atoms with Crippen LogP contribution in [-0.4, -0.2) is 65.1 Å². The summed E-state index contributed by atoms with van der Waals surface area (Å²) in [5.41, 5.74) is 3.77. The summed E-state index contributed by atoms with van der Waals surface area (Å²) in [5.74, 6) is 2.10. The molecule has 0 saturated carbocycles. The van der Waals surface area contributed by atoms with Crippen molar-refractivity contribution in [3.63, 3.8) is 0 Å². The van der Waals surface area contributed by atoms with E-state index in [2.05, 4.69) is 45.5 Å². The van der Waals surface area contributed by atoms with Crippen molar-refractivity contribution in [2.45, 2.75) is 13.0 Å². The lowest BCUT2D eigenvalue weighted by molar-refractivity contribution is 0.122. The molecule has 3 heterocycles. The number of pyridine rings is 1. The number of hydrogen-bond donors (Lipinski definition) is 1. The number of aryl methyl sites for hydroxylation is 1. The number of hydrogen-bond acceptors (Lipinski definition) is 8. The largest absolute Gasteiger partial charge is 0.493 e. The van der Waals surface area contributed by atoms with Crippen molar-refractivity contribution in [3.8, 4) is 17.6 Å². The zero-order valence-electron chi connectivity index (χ0n) is 20.5. The topological polar surface area (TPSA) is 82.9 Å². The fourth-order valence-electron chi connectivity index (χ4n) is 5.03. The van der Waals surface area contributed by atoms with Gasteiger partial charge in [-0.25, -0.2) is 4.98 Å². The number of piperazine rings is 1. The van der Waals surface area contributed by atoms with E-state index in [1.807, 2.05) is 19.1 Å². The number of benzene rings is 2. The first-order valence-electron chi connectivity index (χ1n) is 12.0. The Kier molecular flexibility index (Phi) is 6.62. The van der Waals surface area contributed by atoms with Gasteiger partial charge < -0.3 is 29.3 Å². The lowest BCUT2D eigenvalue weighted by Gasteiger charge is -2.36. The molecule has 8 heteroatoms. The number of morpholine rings is 1. The lowest BCUT2D eigenvalue weighted by atomic mass is 10.0. The van der Waals surface area contributed by atoms with Gasteiger partial charge in [-0.05, 0) is 36.8 Å². The molecule has 1 N–H and O–H groups in total. The molecule has 2 fully saturated rings. The molecule has 2 aliphatic rings. The van der Waals surface area contributed by atoms with Crippen LogP contribution in [0.3, 0.4) is 0 Å². The highest BCUT2D eigenvalue weighted by Gasteiger charge is 2.25. The van der Waals surface area contributed by atoms with Gasteiger partial charge >= 0.3 is 0 Å². The predicted molar refractivity (Wildman–Crippen MR) is 137 cm³/mol. The van der Waals surface area contributed by atoms with Crippen LogP contribution in [0.5, 0.6) is 11.5 Å². The van der Waals surface area contributed by atoms with E-state index in [9.17, 15) is 5.26 Å². The van der Waals surface area contributed by atoms with Crippen molar-refractivity contribution < 1.29 is 14.2 Å². The highest BCUT2D eigenvalue weighted by molar-refractivity contribution is 5.98. The number of methoxy groups -OCH3 is 2. The maximum atomic E-state index is 9.82. The number of fused-ring (bicyclic) bond motifs is 1. The summed E-state index contributed by atoms with van der Waals surface area (Å²) >= 11 is 0. The third-order valence-electron chi connectivity index (χ3n) is 6.93. The van der Waals surface area contributed by atoms with Crippen LogP contribution in [-0.2, 0) is 4.74 Å². The molecule has 35 heavy (non-hydrogen) atoms. The molecule has 182 valence electrons. The first kappa shape index (κ1) is 23.2. The van der Waals surface area contributed by atoms with E-state index in [-0.39, 0.29) is 6.04 Å². The summed E-state index contributed by atoms with van der Waals surface area (Å²) in [6.45, 7) is 7.75. The number of nitrogens with one attached hydrogen (secondary N) is 1. The third-order valence-corrected chi connectivity index (χ3v) is 6.93. The van der Waals surface area contributed by atoms with Gasteiger partial charge in [0, 0.05) is 55.2 Å². The van der Waals surface area contributed by atoms with Gasteiger partial charge in [0.15, 0.2) is 11.5 Å². The van der Waals surface area contributed by atoms with Crippen LogP contribution in [0.4, 0.5) is 11.5 Å². The molecule has 2 saturated heterocycles. The summed E-state index contributed by atoms with van der Waals surface area (Å²) in [7, 11) is 3.23. The standard InChI is InChI=1S/C27H31N5O3/c1-18-23(16-28)21-14-25(33-2)26(34-3)15-22(21)27(30-18)32-9-8-29-24(17-32)19-4-6-20(7-5-19)31-10-12-35-13-11-31/h4-7,14-15,24,29H,8-13,17H2,1-3H3. The molecule has 0 amide bonds. The minimum absolute atomic E-state index is 0.176. The van der Waals surface area contributed by atoms with Crippen molar-refractivity contribution in [3.05, 3.63) is 53.2 Å². The van der Waals surface area contributed by atoms with Gasteiger partial charge in [-0.3, -0.25) is 0 Å². The Morgan fingerprint density at radius 3 is 2.34 bits per heavy atom. The summed E-state index contributed by atoms with van der Waals surface area (Å²) in [6, 6.07) is 15.2. The van der Waals surface area contributed by atoms with Gasteiger partial charge in [-0.15, -0.1) is 0 Å². The van der Waals surface area contributed by atoms with Crippen LogP contribution in [0.25, 0.3) is 10.8 Å². The molecule has 3 aromatic rings. The quantitative estimate of drug-likeness (QED) is 0.604. The average Bonchev–Trinajstić information content (AvgIpc) is 2.92. The van der Waals surface area contributed by atoms with E-state index in [4.69, 9.17) is 19.2 Å². The van der Waals surface area contributed by atoms with Crippen LogP contribution in [0.1, 0.15) is 22.9 Å². The number of nitriles is 1. The highest BCUT2D eigenvalue weighted by Crippen LogP contribution is 2.39. The Balaban J connectivity index is 1.46. The van der Waals surface area contributed by atoms with E-state index in [0.717, 1.165) is 62.5 Å². The second kappa shape index (κ2) is 9.98. The molecule has 0 spiro atoms. The van der Waals surface area contributed by atoms with Gasteiger partial charge in [0.25, 0.3) is 0 Å². The van der Waals surface area contributed by atoms with Crippen molar-refractivity contribution >= 4 is 22.3 Å². The van der Waals surface area contributed by atoms with E-state index in [1.165, 1.54) is 11.3 Å². The predicted octanol–water partition coefficient (Wildman–Crippen LogP) is 3.42. The SMILES string of the molecule is COc1cc2c(N3CCNC(c4ccc(N5CCOCC5)cc4)C3)nc(C)c(C#N)c2cc1OC. The number of ether oxygens (including phenoxy) is 3. The minimum Gasteiger partial charge on any atom is -0.493 e. The Morgan fingerprint density at radius 1 is 1.00 bits per heavy atom. The van der Waals surface area contributed by atoms with Crippen LogP contribution < -0.4 is 24.6 Å². The number of anilines is 2. The van der Waals surface area contributed by atoms with E-state index >= 15 is 0 Å². The molecule has 2 aliphatic heterocycles. The number of rotatable bonds is 5. The fourth-order valence-corrected chi connectivity index (χ4v) is 5.03. The summed E-state index contributed by atoms with van der Waals surface area (Å²) < 4.78 is 16.6. The summed E-state index contributed by atoms with van der Waals surface area (Å²) in [6.07, 6.45) is 0. The molecule has 1 unspecified atom stereocenters. The Bertz CT molecular complexity index is 1250. The maximum Gasteiger partial charge on any atom is 0.161 e. The van der Waals surface area contributed by atoms with Gasteiger partial charge in [0.1, 0.15) is 11.9 Å². The second-order valence-corrected chi connectivity index (χ2v) is 8.90. The number of nitrogens with zero attached hydrogens (tertiary/aromatic N) is 4. The van der Waals surface area contributed by atoms with Crippen molar-refractivity contribution in [1.29, 1.82) is 5.26 Å². The average molecular weight is 474 g/mol. The maximum absolute atomic E-state index is 9.82. The van der Waals surface area contributed by atoms with Crippen molar-refractivity contribution in [2.75, 3.05) is 70.0 Å². The smallest absolute Gasteiger partial charge is 0.161 e. The lowest BCUT2D eigenvalue weighted by Crippen LogP contribution is -2.46. The Labute approximate surface area is 206 Å². The van der Waals surface area contributed by atoms with E-state index < -0.39 is 0 Å². The van der Waals surface area contributed by atoms with Crippen LogP contribution in [0.15, 0.2) is 36.4 Å². The fraction of sp³-hybridized carbons (Fsp3) is 0.407. The minimum atomic E-state index is 0.176. The monoisotopic (exact) mass is 473 g/mol. The zero-order valence-corrected chi connectivity index (χ0v) is 20.5. The zero-order chi connectivity index (χ0) is 24.4. The molecular formula is C27H31N5O3. The Morgan fingerprint density at radius 2 is 1.69 bits per heavy atom. The molecule has 8 nitrogen and oxygen atoms in total. The number of aromatic nitrogens is 1. The molecule has 0 radical (unpaired) electrons. The van der Waals surface area contributed by atoms with E-state index in [0.29, 0.717) is 22.8 Å². The van der Waals surface area contributed by atoms with Gasteiger partial charge in [0.2, 0.25) is 0 Å². The second-order valence-electron chi connectivity index (χ2n) is 8.90.